The highest BCUT2D eigenvalue weighted by Gasteiger charge is 2.35. The van der Waals surface area contributed by atoms with Gasteiger partial charge in [-0.15, -0.1) is 11.8 Å². The van der Waals surface area contributed by atoms with Crippen LogP contribution in [0.1, 0.15) is 18.9 Å². The molecule has 1 saturated heterocycles. The Bertz CT molecular complexity index is 912. The predicted octanol–water partition coefficient (Wildman–Crippen LogP) is 3.67. The van der Waals surface area contributed by atoms with E-state index in [1.54, 1.807) is 34.9 Å². The van der Waals surface area contributed by atoms with Gasteiger partial charge in [-0.05, 0) is 61.2 Å². The molecule has 2 N–H and O–H groups in total. The maximum Gasteiger partial charge on any atom is 0.229 e. The van der Waals surface area contributed by atoms with E-state index in [0.29, 0.717) is 17.9 Å². The van der Waals surface area contributed by atoms with Crippen molar-refractivity contribution in [1.82, 2.24) is 0 Å². The molecule has 2 aromatic rings. The molecular weight excluding hydrogens is 374 g/mol. The van der Waals surface area contributed by atoms with Crippen LogP contribution < -0.4 is 15.5 Å². The maximum atomic E-state index is 12.6. The minimum atomic E-state index is -0.400. The van der Waals surface area contributed by atoms with Crippen LogP contribution in [0.25, 0.3) is 0 Å². The Morgan fingerprint density at radius 1 is 1.11 bits per heavy atom. The first-order chi connectivity index (χ1) is 13.4. The van der Waals surface area contributed by atoms with E-state index in [2.05, 4.69) is 10.6 Å². The number of thioether (sulfide) groups is 1. The second-order valence-corrected chi connectivity index (χ2v) is 7.68. The minimum Gasteiger partial charge on any atom is -0.326 e. The first kappa shape index (κ1) is 19.9. The summed E-state index contributed by atoms with van der Waals surface area (Å²) in [5.41, 5.74) is 3.02. The molecule has 146 valence electrons. The van der Waals surface area contributed by atoms with Crippen LogP contribution in [0.15, 0.2) is 47.4 Å². The summed E-state index contributed by atoms with van der Waals surface area (Å²) in [6, 6.07) is 13.1. The van der Waals surface area contributed by atoms with Crippen LogP contribution in [0.2, 0.25) is 0 Å². The molecule has 1 fully saturated rings. The average molecular weight is 398 g/mol. The number of carbonyl (C=O) groups excluding carboxylic acids is 3. The van der Waals surface area contributed by atoms with Crippen molar-refractivity contribution in [2.45, 2.75) is 25.2 Å². The fraction of sp³-hybridized carbons (Fsp3) is 0.286. The molecule has 0 aromatic heterocycles. The fourth-order valence-electron chi connectivity index (χ4n) is 3.21. The van der Waals surface area contributed by atoms with Gasteiger partial charge >= 0.3 is 0 Å². The van der Waals surface area contributed by atoms with Crippen LogP contribution >= 0.6 is 11.8 Å². The summed E-state index contributed by atoms with van der Waals surface area (Å²) >= 11 is 1.64. The summed E-state index contributed by atoms with van der Waals surface area (Å²) < 4.78 is 0. The lowest BCUT2D eigenvalue weighted by atomic mass is 10.1. The van der Waals surface area contributed by atoms with Crippen LogP contribution in [-0.4, -0.2) is 30.5 Å². The molecule has 0 radical (unpaired) electrons. The number of nitrogens with zero attached hydrogens (tertiary/aromatic N) is 1. The van der Waals surface area contributed by atoms with E-state index in [0.717, 1.165) is 16.1 Å². The number of amides is 3. The molecule has 0 aliphatic carbocycles. The van der Waals surface area contributed by atoms with Gasteiger partial charge in [-0.2, -0.15) is 0 Å². The first-order valence-corrected chi connectivity index (χ1v) is 10.2. The van der Waals surface area contributed by atoms with E-state index in [4.69, 9.17) is 0 Å². The predicted molar refractivity (Wildman–Crippen MR) is 113 cm³/mol. The van der Waals surface area contributed by atoms with Gasteiger partial charge in [0.2, 0.25) is 17.7 Å². The molecule has 28 heavy (non-hydrogen) atoms. The van der Waals surface area contributed by atoms with Crippen molar-refractivity contribution >= 4 is 46.5 Å². The third-order valence-corrected chi connectivity index (χ3v) is 5.43. The molecule has 3 amide bonds. The number of rotatable bonds is 5. The summed E-state index contributed by atoms with van der Waals surface area (Å²) in [7, 11) is 0. The van der Waals surface area contributed by atoms with Gasteiger partial charge in [0.05, 0.1) is 5.92 Å². The van der Waals surface area contributed by atoms with Gasteiger partial charge in [0.15, 0.2) is 0 Å². The number of hydrogen-bond acceptors (Lipinski definition) is 4. The molecule has 1 heterocycles. The van der Waals surface area contributed by atoms with Crippen molar-refractivity contribution in [2.75, 3.05) is 28.3 Å². The van der Waals surface area contributed by atoms with Gasteiger partial charge in [-0.3, -0.25) is 14.4 Å². The molecule has 1 aliphatic heterocycles. The van der Waals surface area contributed by atoms with E-state index in [-0.39, 0.29) is 24.1 Å². The topological polar surface area (TPSA) is 78.5 Å². The van der Waals surface area contributed by atoms with Crippen LogP contribution in [0.5, 0.6) is 0 Å². The second-order valence-electron chi connectivity index (χ2n) is 6.80. The lowest BCUT2D eigenvalue weighted by molar-refractivity contribution is -0.122. The number of hydrogen-bond donors (Lipinski definition) is 2. The van der Waals surface area contributed by atoms with Crippen molar-refractivity contribution in [3.63, 3.8) is 0 Å². The SMILES string of the molecule is CSc1ccc(N2C[C@H](C(=O)Nc3ccc(NC(C)=O)c(C)c3)CC2=O)cc1. The molecule has 2 aromatic carbocycles. The Hall–Kier alpha value is -2.80. The Morgan fingerprint density at radius 3 is 2.43 bits per heavy atom. The summed E-state index contributed by atoms with van der Waals surface area (Å²) in [6.45, 7) is 3.68. The van der Waals surface area contributed by atoms with E-state index < -0.39 is 5.92 Å². The van der Waals surface area contributed by atoms with Gasteiger partial charge in [0, 0.05) is 41.8 Å². The van der Waals surface area contributed by atoms with Crippen LogP contribution in [-0.2, 0) is 14.4 Å². The van der Waals surface area contributed by atoms with E-state index in [9.17, 15) is 14.4 Å². The molecule has 1 aliphatic rings. The number of nitrogens with one attached hydrogen (secondary N) is 2. The van der Waals surface area contributed by atoms with Crippen molar-refractivity contribution < 1.29 is 14.4 Å². The average Bonchev–Trinajstić information content (AvgIpc) is 3.05. The highest BCUT2D eigenvalue weighted by Crippen LogP contribution is 2.28. The standard InChI is InChI=1S/C21H23N3O3S/c1-13-10-16(4-9-19(13)22-14(2)25)23-21(27)15-11-20(26)24(12-15)17-5-7-18(28-3)8-6-17/h4-10,15H,11-12H2,1-3H3,(H,22,25)(H,23,27)/t15-/m1/s1. The Kier molecular flexibility index (Phi) is 6.04. The van der Waals surface area contributed by atoms with Crippen molar-refractivity contribution in [3.05, 3.63) is 48.0 Å². The lowest BCUT2D eigenvalue weighted by Crippen LogP contribution is -2.28. The fourth-order valence-corrected chi connectivity index (χ4v) is 3.62. The van der Waals surface area contributed by atoms with E-state index in [1.807, 2.05) is 37.4 Å². The van der Waals surface area contributed by atoms with Crippen molar-refractivity contribution in [2.24, 2.45) is 5.92 Å². The molecule has 0 unspecified atom stereocenters. The van der Waals surface area contributed by atoms with Crippen molar-refractivity contribution in [3.8, 4) is 0 Å². The van der Waals surface area contributed by atoms with Gasteiger partial charge in [-0.1, -0.05) is 0 Å². The molecular formula is C21H23N3O3S. The van der Waals surface area contributed by atoms with Gasteiger partial charge < -0.3 is 15.5 Å². The van der Waals surface area contributed by atoms with Gasteiger partial charge in [0.1, 0.15) is 0 Å². The Balaban J connectivity index is 1.66. The summed E-state index contributed by atoms with van der Waals surface area (Å²) in [5.74, 6) is -0.768. The zero-order valence-corrected chi connectivity index (χ0v) is 16.9. The zero-order chi connectivity index (χ0) is 20.3. The summed E-state index contributed by atoms with van der Waals surface area (Å²) in [6.07, 6.45) is 2.19. The minimum absolute atomic E-state index is 0.0470. The number of anilines is 3. The summed E-state index contributed by atoms with van der Waals surface area (Å²) in [5, 5.41) is 5.62. The highest BCUT2D eigenvalue weighted by molar-refractivity contribution is 7.98. The largest absolute Gasteiger partial charge is 0.326 e. The normalized spacial score (nSPS) is 16.2. The van der Waals surface area contributed by atoms with Crippen LogP contribution in [0.3, 0.4) is 0 Å². The number of carbonyl (C=O) groups is 3. The van der Waals surface area contributed by atoms with Gasteiger partial charge in [-0.25, -0.2) is 0 Å². The highest BCUT2D eigenvalue weighted by atomic mass is 32.2. The molecule has 6 nitrogen and oxygen atoms in total. The molecule has 7 heteroatoms. The van der Waals surface area contributed by atoms with Crippen molar-refractivity contribution in [1.29, 1.82) is 0 Å². The third-order valence-electron chi connectivity index (χ3n) is 4.68. The smallest absolute Gasteiger partial charge is 0.229 e. The maximum absolute atomic E-state index is 12.6. The molecule has 3 rings (SSSR count). The van der Waals surface area contributed by atoms with E-state index >= 15 is 0 Å². The number of benzene rings is 2. The monoisotopic (exact) mass is 397 g/mol. The van der Waals surface area contributed by atoms with Crippen LogP contribution in [0, 0.1) is 12.8 Å². The number of aryl methyl sites for hydroxylation is 1. The summed E-state index contributed by atoms with van der Waals surface area (Å²) in [4.78, 5) is 39.0. The van der Waals surface area contributed by atoms with E-state index in [1.165, 1.54) is 6.92 Å². The van der Waals surface area contributed by atoms with Crippen LogP contribution in [0.4, 0.5) is 17.1 Å². The Morgan fingerprint density at radius 2 is 1.82 bits per heavy atom. The molecule has 0 bridgehead atoms. The lowest BCUT2D eigenvalue weighted by Gasteiger charge is -2.17. The third kappa shape index (κ3) is 4.54. The molecule has 1 atom stereocenters. The quantitative estimate of drug-likeness (QED) is 0.755. The first-order valence-electron chi connectivity index (χ1n) is 9.01. The second kappa shape index (κ2) is 8.48. The zero-order valence-electron chi connectivity index (χ0n) is 16.1. The van der Waals surface area contributed by atoms with Gasteiger partial charge in [0.25, 0.3) is 0 Å². The Labute approximate surface area is 168 Å². The molecule has 0 spiro atoms. The molecule has 0 saturated carbocycles.